The van der Waals surface area contributed by atoms with E-state index in [1.807, 2.05) is 6.07 Å². The molecule has 0 saturated carbocycles. The molecule has 1 aliphatic rings. The van der Waals surface area contributed by atoms with Crippen LogP contribution in [0.25, 0.3) is 0 Å². The van der Waals surface area contributed by atoms with Gasteiger partial charge in [0.15, 0.2) is 0 Å². The topological polar surface area (TPSA) is 110 Å². The van der Waals surface area contributed by atoms with Crippen molar-refractivity contribution in [3.63, 3.8) is 0 Å². The molecule has 1 saturated heterocycles. The first-order valence-corrected chi connectivity index (χ1v) is 10.1. The minimum absolute atomic E-state index is 0.0180. The third kappa shape index (κ3) is 4.19. The Kier molecular flexibility index (Phi) is 5.79. The predicted octanol–water partition coefficient (Wildman–Crippen LogP) is 1.88. The summed E-state index contributed by atoms with van der Waals surface area (Å²) in [5.41, 5.74) is 0.915. The molecule has 1 N–H and O–H groups in total. The first-order valence-electron chi connectivity index (χ1n) is 8.66. The van der Waals surface area contributed by atoms with Gasteiger partial charge in [-0.05, 0) is 29.8 Å². The number of urea groups is 1. The van der Waals surface area contributed by atoms with E-state index < -0.39 is 34.0 Å². The molecule has 1 aliphatic heterocycles. The van der Waals surface area contributed by atoms with Gasteiger partial charge in [-0.2, -0.15) is 0 Å². The lowest BCUT2D eigenvalue weighted by Crippen LogP contribution is -2.37. The number of carbonyl (C=O) groups is 3. The Balaban J connectivity index is 1.79. The van der Waals surface area contributed by atoms with Gasteiger partial charge < -0.3 is 10.1 Å². The van der Waals surface area contributed by atoms with Crippen molar-refractivity contribution < 1.29 is 27.5 Å². The van der Waals surface area contributed by atoms with Crippen LogP contribution in [0.2, 0.25) is 0 Å². The molecule has 3 amide bonds. The van der Waals surface area contributed by atoms with E-state index in [1.54, 1.807) is 24.3 Å². The van der Waals surface area contributed by atoms with Gasteiger partial charge in [0.25, 0.3) is 15.9 Å². The van der Waals surface area contributed by atoms with Crippen LogP contribution in [0.15, 0.2) is 72.1 Å². The number of sulfonamides is 1. The number of hydrogen-bond acceptors (Lipinski definition) is 6. The molecule has 0 radical (unpaired) electrons. The lowest BCUT2D eigenvalue weighted by atomic mass is 10.1. The zero-order valence-corrected chi connectivity index (χ0v) is 16.1. The Morgan fingerprint density at radius 2 is 1.76 bits per heavy atom. The second kappa shape index (κ2) is 8.27. The van der Waals surface area contributed by atoms with E-state index in [1.165, 1.54) is 18.2 Å². The fourth-order valence-electron chi connectivity index (χ4n) is 2.81. The normalized spacial score (nSPS) is 16.4. The van der Waals surface area contributed by atoms with Crippen molar-refractivity contribution in [2.75, 3.05) is 6.61 Å². The number of carbonyl (C=O) groups excluding carboxylic acids is 3. The second-order valence-electron chi connectivity index (χ2n) is 6.21. The van der Waals surface area contributed by atoms with Gasteiger partial charge in [-0.1, -0.05) is 43.0 Å². The molecule has 0 spiro atoms. The Morgan fingerprint density at radius 1 is 1.10 bits per heavy atom. The molecule has 8 nitrogen and oxygen atoms in total. The summed E-state index contributed by atoms with van der Waals surface area (Å²) in [6.45, 7) is 3.45. The van der Waals surface area contributed by atoms with Crippen molar-refractivity contribution in [3.05, 3.63) is 78.4 Å². The van der Waals surface area contributed by atoms with Crippen molar-refractivity contribution in [1.82, 2.24) is 9.62 Å². The van der Waals surface area contributed by atoms with Crippen molar-refractivity contribution in [3.8, 4) is 0 Å². The number of nitrogens with zero attached hydrogens (tertiary/aromatic N) is 1. The minimum Gasteiger partial charge on any atom is -0.458 e. The minimum atomic E-state index is -4.42. The molecule has 1 fully saturated rings. The largest absolute Gasteiger partial charge is 0.458 e. The summed E-state index contributed by atoms with van der Waals surface area (Å²) in [4.78, 5) is 36.3. The van der Waals surface area contributed by atoms with E-state index in [9.17, 15) is 22.8 Å². The van der Waals surface area contributed by atoms with Crippen LogP contribution in [0.4, 0.5) is 4.79 Å². The molecule has 29 heavy (non-hydrogen) atoms. The number of benzene rings is 2. The summed E-state index contributed by atoms with van der Waals surface area (Å²) >= 11 is 0. The average molecular weight is 414 g/mol. The highest BCUT2D eigenvalue weighted by Gasteiger charge is 2.45. The van der Waals surface area contributed by atoms with E-state index >= 15 is 0 Å². The second-order valence-corrected chi connectivity index (χ2v) is 8.00. The first-order chi connectivity index (χ1) is 13.8. The molecule has 1 atom stereocenters. The monoisotopic (exact) mass is 414 g/mol. The molecule has 2 aromatic rings. The van der Waals surface area contributed by atoms with E-state index in [0.29, 0.717) is 0 Å². The number of amides is 3. The van der Waals surface area contributed by atoms with Crippen molar-refractivity contribution in [2.45, 2.75) is 17.4 Å². The van der Waals surface area contributed by atoms with Gasteiger partial charge in [-0.15, -0.1) is 4.31 Å². The van der Waals surface area contributed by atoms with Gasteiger partial charge in [0.2, 0.25) is 0 Å². The van der Waals surface area contributed by atoms with Gasteiger partial charge in [-0.25, -0.2) is 18.0 Å². The molecule has 3 rings (SSSR count). The summed E-state index contributed by atoms with van der Waals surface area (Å²) in [6.07, 6.45) is 1.58. The quantitative estimate of drug-likeness (QED) is 0.421. The number of esters is 1. The third-order valence-electron chi connectivity index (χ3n) is 4.22. The van der Waals surface area contributed by atoms with Crippen LogP contribution < -0.4 is 5.32 Å². The highest BCUT2D eigenvalue weighted by atomic mass is 32.2. The molecular formula is C20H18N2O6S. The fraction of sp³-hybridized carbons (Fsp3) is 0.150. The zero-order chi connectivity index (χ0) is 21.0. The van der Waals surface area contributed by atoms with Crippen molar-refractivity contribution in [1.29, 1.82) is 0 Å². The van der Waals surface area contributed by atoms with E-state index in [2.05, 4.69) is 11.9 Å². The number of ether oxygens (including phenoxy) is 1. The average Bonchev–Trinajstić information content (AvgIpc) is 3.00. The molecule has 0 aromatic heterocycles. The highest BCUT2D eigenvalue weighted by molar-refractivity contribution is 7.90. The highest BCUT2D eigenvalue weighted by Crippen LogP contribution is 2.22. The summed E-state index contributed by atoms with van der Waals surface area (Å²) in [5, 5.41) is 2.41. The van der Waals surface area contributed by atoms with E-state index in [4.69, 9.17) is 4.74 Å². The van der Waals surface area contributed by atoms with Crippen molar-refractivity contribution in [2.24, 2.45) is 0 Å². The van der Waals surface area contributed by atoms with Gasteiger partial charge in [0.05, 0.1) is 10.5 Å². The summed E-state index contributed by atoms with van der Waals surface area (Å²) in [7, 11) is -4.42. The van der Waals surface area contributed by atoms with E-state index in [-0.39, 0.29) is 27.8 Å². The summed E-state index contributed by atoms with van der Waals surface area (Å²) in [5.74, 6) is -1.50. The van der Waals surface area contributed by atoms with Gasteiger partial charge in [0, 0.05) is 6.42 Å². The van der Waals surface area contributed by atoms with Crippen LogP contribution in [0.5, 0.6) is 0 Å². The maximum absolute atomic E-state index is 12.8. The third-order valence-corrected chi connectivity index (χ3v) is 5.92. The maximum Gasteiger partial charge on any atom is 0.339 e. The Labute approximate surface area is 167 Å². The van der Waals surface area contributed by atoms with Gasteiger partial charge in [-0.3, -0.25) is 4.79 Å². The predicted molar refractivity (Wildman–Crippen MR) is 103 cm³/mol. The molecule has 0 aliphatic carbocycles. The maximum atomic E-state index is 12.8. The zero-order valence-electron chi connectivity index (χ0n) is 15.3. The molecular weight excluding hydrogens is 396 g/mol. The lowest BCUT2D eigenvalue weighted by Gasteiger charge is -2.14. The summed E-state index contributed by atoms with van der Waals surface area (Å²) < 4.78 is 30.7. The van der Waals surface area contributed by atoms with Crippen LogP contribution >= 0.6 is 0 Å². The Morgan fingerprint density at radius 3 is 2.38 bits per heavy atom. The lowest BCUT2D eigenvalue weighted by molar-refractivity contribution is -0.124. The standard InChI is InChI=1S/C20H18N2O6S/c1-2-12-28-19(24)15-8-10-16(11-9-15)29(26,27)22-18(23)17(21-20(22)25)13-14-6-4-3-5-7-14/h2-11,17H,1,12-13H2,(H,21,25)/t17-/m0/s1. The number of rotatable bonds is 7. The Bertz CT molecular complexity index is 1050. The first kappa shape index (κ1) is 20.3. The molecule has 150 valence electrons. The molecule has 0 unspecified atom stereocenters. The van der Waals surface area contributed by atoms with Crippen LogP contribution in [-0.2, 0) is 26.0 Å². The summed E-state index contributed by atoms with van der Waals surface area (Å²) in [6, 6.07) is 11.7. The fourth-order valence-corrected chi connectivity index (χ4v) is 4.14. The molecule has 0 bridgehead atoms. The smallest absolute Gasteiger partial charge is 0.339 e. The van der Waals surface area contributed by atoms with Gasteiger partial charge >= 0.3 is 12.0 Å². The number of hydrogen-bond donors (Lipinski definition) is 1. The number of imide groups is 1. The molecule has 2 aromatic carbocycles. The van der Waals surface area contributed by atoms with Crippen LogP contribution in [0.3, 0.4) is 0 Å². The Hall–Kier alpha value is -3.46. The van der Waals surface area contributed by atoms with Gasteiger partial charge in [0.1, 0.15) is 12.6 Å². The van der Waals surface area contributed by atoms with Crippen LogP contribution in [0.1, 0.15) is 15.9 Å². The SMILES string of the molecule is C=CCOC(=O)c1ccc(S(=O)(=O)N2C(=O)N[C@@H](Cc3ccccc3)C2=O)cc1. The van der Waals surface area contributed by atoms with E-state index in [0.717, 1.165) is 17.7 Å². The van der Waals surface area contributed by atoms with Crippen LogP contribution in [-0.4, -0.2) is 43.3 Å². The molecule has 1 heterocycles. The number of nitrogens with one attached hydrogen (secondary N) is 1. The van der Waals surface area contributed by atoms with Crippen LogP contribution in [0, 0.1) is 0 Å². The molecule has 9 heteroatoms. The van der Waals surface area contributed by atoms with Crippen molar-refractivity contribution >= 4 is 27.9 Å².